The number of amides is 1. The van der Waals surface area contributed by atoms with Gasteiger partial charge in [0.15, 0.2) is 0 Å². The van der Waals surface area contributed by atoms with Crippen molar-refractivity contribution < 1.29 is 13.2 Å². The molecule has 2 saturated heterocycles. The van der Waals surface area contributed by atoms with E-state index in [1.54, 1.807) is 23.2 Å². The van der Waals surface area contributed by atoms with Crippen molar-refractivity contribution >= 4 is 39.0 Å². The van der Waals surface area contributed by atoms with Gasteiger partial charge in [-0.3, -0.25) is 4.79 Å². The highest BCUT2D eigenvalue weighted by atomic mass is 32.2. The molecule has 3 rings (SSSR count). The molecule has 1 amide bonds. The Balaban J connectivity index is 1.68. The van der Waals surface area contributed by atoms with E-state index in [1.807, 2.05) is 0 Å². The van der Waals surface area contributed by atoms with Gasteiger partial charge < -0.3 is 10.6 Å². The molecular formula is C15H23N3O3S3. The molecule has 134 valence electrons. The third-order valence-electron chi connectivity index (χ3n) is 4.37. The SMILES string of the molecule is O=C(NCC1CCCNC1)c1sccc1S(=O)(=O)N1CCSCC1. The molecule has 1 aromatic rings. The number of carbonyl (C=O) groups is 1. The summed E-state index contributed by atoms with van der Waals surface area (Å²) >= 11 is 2.95. The van der Waals surface area contributed by atoms with Gasteiger partial charge in [0.2, 0.25) is 10.0 Å². The number of thioether (sulfide) groups is 1. The molecule has 0 aliphatic carbocycles. The van der Waals surface area contributed by atoms with E-state index < -0.39 is 10.0 Å². The third-order valence-corrected chi connectivity index (χ3v) is 8.30. The summed E-state index contributed by atoms with van der Waals surface area (Å²) < 4.78 is 27.1. The monoisotopic (exact) mass is 389 g/mol. The number of rotatable bonds is 5. The average molecular weight is 390 g/mol. The van der Waals surface area contributed by atoms with Crippen molar-refractivity contribution in [3.63, 3.8) is 0 Å². The Hall–Kier alpha value is -0.610. The summed E-state index contributed by atoms with van der Waals surface area (Å²) in [6.45, 7) is 3.55. The molecule has 0 radical (unpaired) electrons. The first-order chi connectivity index (χ1) is 11.6. The fourth-order valence-electron chi connectivity index (χ4n) is 3.01. The lowest BCUT2D eigenvalue weighted by Gasteiger charge is -2.25. The van der Waals surface area contributed by atoms with E-state index in [-0.39, 0.29) is 10.8 Å². The number of nitrogens with zero attached hydrogens (tertiary/aromatic N) is 1. The highest BCUT2D eigenvalue weighted by Gasteiger charge is 2.31. The Morgan fingerprint density at radius 3 is 2.88 bits per heavy atom. The Labute approximate surface area is 151 Å². The van der Waals surface area contributed by atoms with Crippen molar-refractivity contribution in [2.75, 3.05) is 44.2 Å². The quantitative estimate of drug-likeness (QED) is 0.792. The summed E-state index contributed by atoms with van der Waals surface area (Å²) in [5, 5.41) is 7.92. The first-order valence-electron chi connectivity index (χ1n) is 8.23. The summed E-state index contributed by atoms with van der Waals surface area (Å²) in [5.74, 6) is 1.75. The van der Waals surface area contributed by atoms with Gasteiger partial charge in [-0.05, 0) is 43.3 Å². The Morgan fingerprint density at radius 1 is 1.38 bits per heavy atom. The molecular weight excluding hydrogens is 366 g/mol. The van der Waals surface area contributed by atoms with E-state index in [0.717, 1.165) is 37.4 Å². The number of carbonyl (C=O) groups excluding carboxylic acids is 1. The third kappa shape index (κ3) is 4.13. The second-order valence-electron chi connectivity index (χ2n) is 6.05. The van der Waals surface area contributed by atoms with Crippen LogP contribution in [0, 0.1) is 5.92 Å². The van der Waals surface area contributed by atoms with E-state index in [4.69, 9.17) is 0 Å². The minimum atomic E-state index is -3.58. The molecule has 0 aromatic carbocycles. The minimum absolute atomic E-state index is 0.152. The largest absolute Gasteiger partial charge is 0.351 e. The van der Waals surface area contributed by atoms with E-state index in [1.165, 1.54) is 15.6 Å². The number of hydrogen-bond donors (Lipinski definition) is 2. The van der Waals surface area contributed by atoms with Crippen molar-refractivity contribution in [2.45, 2.75) is 17.7 Å². The van der Waals surface area contributed by atoms with E-state index in [2.05, 4.69) is 10.6 Å². The maximum absolute atomic E-state index is 12.8. The van der Waals surface area contributed by atoms with Crippen molar-refractivity contribution in [3.05, 3.63) is 16.3 Å². The zero-order valence-electron chi connectivity index (χ0n) is 13.5. The summed E-state index contributed by atoms with van der Waals surface area (Å²) in [6.07, 6.45) is 2.21. The smallest absolute Gasteiger partial charge is 0.262 e. The molecule has 3 heterocycles. The lowest BCUT2D eigenvalue weighted by atomic mass is 10.00. The lowest BCUT2D eigenvalue weighted by molar-refractivity contribution is 0.0946. The van der Waals surface area contributed by atoms with Crippen LogP contribution in [0.1, 0.15) is 22.5 Å². The van der Waals surface area contributed by atoms with Crippen molar-refractivity contribution in [3.8, 4) is 0 Å². The van der Waals surface area contributed by atoms with Crippen LogP contribution in [0.4, 0.5) is 0 Å². The number of hydrogen-bond acceptors (Lipinski definition) is 6. The molecule has 2 fully saturated rings. The van der Waals surface area contributed by atoms with Crippen LogP contribution < -0.4 is 10.6 Å². The zero-order valence-corrected chi connectivity index (χ0v) is 15.9. The Morgan fingerprint density at radius 2 is 2.17 bits per heavy atom. The first kappa shape index (κ1) is 18.2. The van der Waals surface area contributed by atoms with Crippen LogP contribution in [-0.4, -0.2) is 62.9 Å². The predicted molar refractivity (Wildman–Crippen MR) is 98.3 cm³/mol. The molecule has 2 N–H and O–H groups in total. The number of sulfonamides is 1. The summed E-state index contributed by atoms with van der Waals surface area (Å²) in [7, 11) is -3.58. The fraction of sp³-hybridized carbons (Fsp3) is 0.667. The summed E-state index contributed by atoms with van der Waals surface area (Å²) in [4.78, 5) is 12.9. The highest BCUT2D eigenvalue weighted by Crippen LogP contribution is 2.27. The molecule has 24 heavy (non-hydrogen) atoms. The minimum Gasteiger partial charge on any atom is -0.351 e. The van der Waals surface area contributed by atoms with Gasteiger partial charge in [-0.25, -0.2) is 8.42 Å². The van der Waals surface area contributed by atoms with Crippen LogP contribution in [0.2, 0.25) is 0 Å². The molecule has 0 bridgehead atoms. The summed E-state index contributed by atoms with van der Waals surface area (Å²) in [5.41, 5.74) is 0. The van der Waals surface area contributed by atoms with Crippen molar-refractivity contribution in [1.29, 1.82) is 0 Å². The number of thiophene rings is 1. The highest BCUT2D eigenvalue weighted by molar-refractivity contribution is 7.99. The van der Waals surface area contributed by atoms with Crippen molar-refractivity contribution in [1.82, 2.24) is 14.9 Å². The molecule has 1 unspecified atom stereocenters. The van der Waals surface area contributed by atoms with Crippen molar-refractivity contribution in [2.24, 2.45) is 5.92 Å². The van der Waals surface area contributed by atoms with Crippen LogP contribution in [0.5, 0.6) is 0 Å². The molecule has 9 heteroatoms. The number of piperidine rings is 1. The Kier molecular flexibility index (Phi) is 6.20. The summed E-state index contributed by atoms with van der Waals surface area (Å²) in [6, 6.07) is 1.55. The van der Waals surface area contributed by atoms with Crippen LogP contribution in [-0.2, 0) is 10.0 Å². The van der Waals surface area contributed by atoms with E-state index >= 15 is 0 Å². The van der Waals surface area contributed by atoms with Gasteiger partial charge in [-0.15, -0.1) is 11.3 Å². The van der Waals surface area contributed by atoms with E-state index in [9.17, 15) is 13.2 Å². The topological polar surface area (TPSA) is 78.5 Å². The predicted octanol–water partition coefficient (Wildman–Crippen LogP) is 1.22. The van der Waals surface area contributed by atoms with E-state index in [0.29, 0.717) is 30.4 Å². The standard InChI is InChI=1S/C15H23N3O3S3/c19-15(17-11-12-2-1-4-16-10-12)14-13(3-7-23-14)24(20,21)18-5-8-22-9-6-18/h3,7,12,16H,1-2,4-6,8-11H2,(H,17,19). The van der Waals surface area contributed by atoms with Gasteiger partial charge in [0, 0.05) is 31.1 Å². The Bertz CT molecular complexity index is 663. The maximum atomic E-state index is 12.8. The molecule has 1 aromatic heterocycles. The van der Waals surface area contributed by atoms with Gasteiger partial charge in [0.1, 0.15) is 9.77 Å². The van der Waals surface area contributed by atoms with Gasteiger partial charge in [-0.1, -0.05) is 0 Å². The van der Waals surface area contributed by atoms with Gasteiger partial charge >= 0.3 is 0 Å². The first-order valence-corrected chi connectivity index (χ1v) is 11.7. The lowest BCUT2D eigenvalue weighted by Crippen LogP contribution is -2.40. The van der Waals surface area contributed by atoms with Crippen LogP contribution >= 0.6 is 23.1 Å². The molecule has 0 spiro atoms. The van der Waals surface area contributed by atoms with Gasteiger partial charge in [-0.2, -0.15) is 16.1 Å². The molecule has 1 atom stereocenters. The second-order valence-corrected chi connectivity index (χ2v) is 10.1. The maximum Gasteiger partial charge on any atom is 0.262 e. The van der Waals surface area contributed by atoms with Gasteiger partial charge in [0.25, 0.3) is 5.91 Å². The van der Waals surface area contributed by atoms with Gasteiger partial charge in [0.05, 0.1) is 0 Å². The molecule has 6 nitrogen and oxygen atoms in total. The zero-order chi connectivity index (χ0) is 17.0. The molecule has 0 saturated carbocycles. The number of nitrogens with one attached hydrogen (secondary N) is 2. The van der Waals surface area contributed by atoms with Crippen LogP contribution in [0.25, 0.3) is 0 Å². The average Bonchev–Trinajstić information content (AvgIpc) is 3.12. The second kappa shape index (κ2) is 8.18. The fourth-order valence-corrected chi connectivity index (χ4v) is 6.90. The van der Waals surface area contributed by atoms with Crippen LogP contribution in [0.15, 0.2) is 16.3 Å². The molecule has 2 aliphatic heterocycles. The normalized spacial score (nSPS) is 23.1. The van der Waals surface area contributed by atoms with Crippen LogP contribution in [0.3, 0.4) is 0 Å². The molecule has 2 aliphatic rings.